The fraction of sp³-hybridized carbons (Fsp3) is 0.0870. The van der Waals surface area contributed by atoms with Gasteiger partial charge in [-0.05, 0) is 48.4 Å². The van der Waals surface area contributed by atoms with Crippen molar-refractivity contribution >= 4 is 21.6 Å². The molecule has 3 aromatic carbocycles. The molecule has 4 aromatic rings. The van der Waals surface area contributed by atoms with Crippen LogP contribution in [0.5, 0.6) is 0 Å². The Kier molecular flexibility index (Phi) is 5.47. The number of hydrogen-bond donors (Lipinski definition) is 1. The Hall–Kier alpha value is -2.93. The van der Waals surface area contributed by atoms with Crippen LogP contribution < -0.4 is 5.14 Å². The third-order valence-corrected chi connectivity index (χ3v) is 5.94. The van der Waals surface area contributed by atoms with Gasteiger partial charge in [-0.15, -0.1) is 0 Å². The Morgan fingerprint density at radius 2 is 1.70 bits per heavy atom. The number of aryl methyl sites for hydroxylation is 1. The lowest BCUT2D eigenvalue weighted by Gasteiger charge is -2.05. The molecule has 0 aliphatic carbocycles. The lowest BCUT2D eigenvalue weighted by atomic mass is 10.0. The van der Waals surface area contributed by atoms with E-state index in [0.717, 1.165) is 16.7 Å². The molecule has 0 spiro atoms. The van der Waals surface area contributed by atoms with E-state index in [2.05, 4.69) is 0 Å². The predicted octanol–water partition coefficient (Wildman–Crippen LogP) is 5.21. The molecule has 0 atom stereocenters. The summed E-state index contributed by atoms with van der Waals surface area (Å²) in [7, 11) is -3.78. The van der Waals surface area contributed by atoms with Crippen LogP contribution >= 0.6 is 11.6 Å². The number of aromatic nitrogens is 1. The number of sulfonamides is 1. The van der Waals surface area contributed by atoms with Crippen molar-refractivity contribution in [1.82, 2.24) is 4.98 Å². The van der Waals surface area contributed by atoms with Crippen LogP contribution in [0.4, 0.5) is 0 Å². The molecule has 0 aliphatic rings. The number of hydrogen-bond acceptors (Lipinski definition) is 4. The second kappa shape index (κ2) is 8.07. The van der Waals surface area contributed by atoms with Crippen LogP contribution in [0.1, 0.15) is 17.0 Å². The standard InChI is InChI=1S/C23H19ClN2O3S/c1-15-7-12-19(20(24)13-15)22-23(17-8-10-18(11-9-17)30(25,27)28)29-21(26-22)14-16-5-3-2-4-6-16/h2-13H,14H2,1H3,(H2,25,27,28). The predicted molar refractivity (Wildman–Crippen MR) is 118 cm³/mol. The van der Waals surface area contributed by atoms with Crippen molar-refractivity contribution < 1.29 is 12.8 Å². The van der Waals surface area contributed by atoms with Gasteiger partial charge in [-0.2, -0.15) is 0 Å². The number of oxazole rings is 1. The van der Waals surface area contributed by atoms with Gasteiger partial charge in [0.05, 0.1) is 9.92 Å². The summed E-state index contributed by atoms with van der Waals surface area (Å²) in [6, 6.07) is 21.8. The fourth-order valence-corrected chi connectivity index (χ4v) is 4.04. The molecule has 152 valence electrons. The molecular formula is C23H19ClN2O3S. The highest BCUT2D eigenvalue weighted by atomic mass is 35.5. The van der Waals surface area contributed by atoms with Crippen LogP contribution in [0.15, 0.2) is 82.1 Å². The number of primary sulfonamides is 1. The zero-order valence-corrected chi connectivity index (χ0v) is 17.7. The van der Waals surface area contributed by atoms with Crippen molar-refractivity contribution in [3.8, 4) is 22.6 Å². The molecule has 1 heterocycles. The third-order valence-electron chi connectivity index (χ3n) is 4.69. The van der Waals surface area contributed by atoms with Gasteiger partial charge in [-0.1, -0.05) is 54.1 Å². The molecular weight excluding hydrogens is 420 g/mol. The van der Waals surface area contributed by atoms with E-state index in [-0.39, 0.29) is 4.90 Å². The quantitative estimate of drug-likeness (QED) is 0.463. The third kappa shape index (κ3) is 4.31. The van der Waals surface area contributed by atoms with Gasteiger partial charge in [0.25, 0.3) is 0 Å². The average Bonchev–Trinajstić information content (AvgIpc) is 3.11. The summed E-state index contributed by atoms with van der Waals surface area (Å²) in [4.78, 5) is 4.75. The summed E-state index contributed by atoms with van der Waals surface area (Å²) in [5, 5.41) is 5.78. The Bertz CT molecular complexity index is 1300. The molecule has 0 saturated heterocycles. The lowest BCUT2D eigenvalue weighted by Crippen LogP contribution is -2.11. The lowest BCUT2D eigenvalue weighted by molar-refractivity contribution is 0.519. The molecule has 4 rings (SSSR count). The monoisotopic (exact) mass is 438 g/mol. The van der Waals surface area contributed by atoms with Crippen molar-refractivity contribution in [2.24, 2.45) is 5.14 Å². The normalized spacial score (nSPS) is 11.6. The van der Waals surface area contributed by atoms with Crippen molar-refractivity contribution in [1.29, 1.82) is 0 Å². The molecule has 1 aromatic heterocycles. The van der Waals surface area contributed by atoms with Crippen LogP contribution in [0.25, 0.3) is 22.6 Å². The maximum absolute atomic E-state index is 11.6. The van der Waals surface area contributed by atoms with Crippen molar-refractivity contribution in [3.05, 3.63) is 94.8 Å². The van der Waals surface area contributed by atoms with Crippen molar-refractivity contribution in [2.75, 3.05) is 0 Å². The number of nitrogens with two attached hydrogens (primary N) is 1. The van der Waals surface area contributed by atoms with Crippen molar-refractivity contribution in [3.63, 3.8) is 0 Å². The first kappa shape index (κ1) is 20.3. The molecule has 7 heteroatoms. The van der Waals surface area contributed by atoms with Gasteiger partial charge in [0.1, 0.15) is 5.69 Å². The summed E-state index contributed by atoms with van der Waals surface area (Å²) in [5.74, 6) is 1.06. The van der Waals surface area contributed by atoms with E-state index in [4.69, 9.17) is 26.1 Å². The second-order valence-electron chi connectivity index (χ2n) is 7.00. The first-order chi connectivity index (χ1) is 14.3. The van der Waals surface area contributed by atoms with Crippen LogP contribution in [0, 0.1) is 6.92 Å². The molecule has 0 bridgehead atoms. The number of halogens is 1. The van der Waals surface area contributed by atoms with Crippen LogP contribution in [-0.4, -0.2) is 13.4 Å². The van der Waals surface area contributed by atoms with E-state index in [1.807, 2.05) is 55.5 Å². The maximum atomic E-state index is 11.6. The molecule has 5 nitrogen and oxygen atoms in total. The minimum absolute atomic E-state index is 0.0326. The van der Waals surface area contributed by atoms with E-state index in [1.165, 1.54) is 12.1 Å². The maximum Gasteiger partial charge on any atom is 0.238 e. The molecule has 0 radical (unpaired) electrons. The van der Waals surface area contributed by atoms with Gasteiger partial charge in [0.2, 0.25) is 10.0 Å². The number of benzene rings is 3. The largest absolute Gasteiger partial charge is 0.440 e. The average molecular weight is 439 g/mol. The zero-order valence-electron chi connectivity index (χ0n) is 16.2. The molecule has 0 amide bonds. The molecule has 2 N–H and O–H groups in total. The van der Waals surface area contributed by atoms with Gasteiger partial charge in [-0.3, -0.25) is 0 Å². The zero-order chi connectivity index (χ0) is 21.3. The summed E-state index contributed by atoms with van der Waals surface area (Å²) in [6.45, 7) is 1.96. The topological polar surface area (TPSA) is 86.2 Å². The van der Waals surface area contributed by atoms with Crippen LogP contribution in [0.2, 0.25) is 5.02 Å². The van der Waals surface area contributed by atoms with E-state index >= 15 is 0 Å². The number of rotatable bonds is 5. The Morgan fingerprint density at radius 3 is 2.33 bits per heavy atom. The molecule has 0 saturated carbocycles. The Balaban J connectivity index is 1.83. The molecule has 0 fully saturated rings. The van der Waals surface area contributed by atoms with Gasteiger partial charge in [0.15, 0.2) is 11.7 Å². The first-order valence-corrected chi connectivity index (χ1v) is 11.2. The molecule has 30 heavy (non-hydrogen) atoms. The first-order valence-electron chi connectivity index (χ1n) is 9.24. The summed E-state index contributed by atoms with van der Waals surface area (Å²) >= 11 is 6.50. The highest BCUT2D eigenvalue weighted by molar-refractivity contribution is 7.89. The van der Waals surface area contributed by atoms with E-state index in [9.17, 15) is 8.42 Å². The van der Waals surface area contributed by atoms with Gasteiger partial charge in [-0.25, -0.2) is 18.5 Å². The smallest absolute Gasteiger partial charge is 0.238 e. The van der Waals surface area contributed by atoms with Gasteiger partial charge in [0, 0.05) is 17.5 Å². The minimum Gasteiger partial charge on any atom is -0.440 e. The SMILES string of the molecule is Cc1ccc(-c2nc(Cc3ccccc3)oc2-c2ccc(S(N)(=O)=O)cc2)c(Cl)c1. The Morgan fingerprint density at radius 1 is 1.00 bits per heavy atom. The molecule has 0 unspecified atom stereocenters. The van der Waals surface area contributed by atoms with E-state index in [1.54, 1.807) is 12.1 Å². The van der Waals surface area contributed by atoms with Crippen molar-refractivity contribution in [2.45, 2.75) is 18.2 Å². The van der Waals surface area contributed by atoms with Gasteiger partial charge >= 0.3 is 0 Å². The Labute approximate surface area is 180 Å². The fourth-order valence-electron chi connectivity index (χ4n) is 3.20. The van der Waals surface area contributed by atoms with E-state index < -0.39 is 10.0 Å². The van der Waals surface area contributed by atoms with Crippen LogP contribution in [-0.2, 0) is 16.4 Å². The number of nitrogens with zero attached hydrogens (tertiary/aromatic N) is 1. The molecule has 0 aliphatic heterocycles. The minimum atomic E-state index is -3.78. The summed E-state index contributed by atoms with van der Waals surface area (Å²) in [5.41, 5.74) is 4.14. The second-order valence-corrected chi connectivity index (χ2v) is 8.97. The van der Waals surface area contributed by atoms with E-state index in [0.29, 0.717) is 34.4 Å². The highest BCUT2D eigenvalue weighted by Gasteiger charge is 2.20. The van der Waals surface area contributed by atoms with Gasteiger partial charge < -0.3 is 4.42 Å². The summed E-state index contributed by atoms with van der Waals surface area (Å²) < 4.78 is 29.3. The summed E-state index contributed by atoms with van der Waals surface area (Å²) in [6.07, 6.45) is 0.520. The highest BCUT2D eigenvalue weighted by Crippen LogP contribution is 2.37. The van der Waals surface area contributed by atoms with Crippen LogP contribution in [0.3, 0.4) is 0 Å².